The number of hydrogen-bond acceptors (Lipinski definition) is 3. The Kier molecular flexibility index (Phi) is 10.00. The second kappa shape index (κ2) is 11.7. The van der Waals surface area contributed by atoms with E-state index < -0.39 is 0 Å². The molecule has 0 saturated carbocycles. The maximum absolute atomic E-state index is 4.55. The molecule has 2 saturated heterocycles. The molecule has 158 valence electrons. The number of piperazine rings is 1. The van der Waals surface area contributed by atoms with Crippen LogP contribution in [-0.4, -0.2) is 80.6 Å². The van der Waals surface area contributed by atoms with Gasteiger partial charge in [-0.15, -0.1) is 24.0 Å². The highest BCUT2D eigenvalue weighted by Crippen LogP contribution is 2.23. The van der Waals surface area contributed by atoms with Crippen LogP contribution in [0.1, 0.15) is 31.4 Å². The second-order valence-corrected chi connectivity index (χ2v) is 8.84. The lowest BCUT2D eigenvalue weighted by atomic mass is 9.97. The van der Waals surface area contributed by atoms with Crippen molar-refractivity contribution in [1.29, 1.82) is 0 Å². The number of benzene rings is 1. The SMILES string of the molecule is CN=C(NCC1CCN(C)CC1)N1CCN(C(C)c2ccc(Br)cc2)CC1.I. The predicted octanol–water partition coefficient (Wildman–Crippen LogP) is 3.66. The van der Waals surface area contributed by atoms with Gasteiger partial charge in [0.05, 0.1) is 0 Å². The molecule has 1 atom stereocenters. The van der Waals surface area contributed by atoms with Gasteiger partial charge in [0, 0.05) is 50.3 Å². The molecule has 0 aliphatic carbocycles. The molecule has 0 spiro atoms. The van der Waals surface area contributed by atoms with Crippen molar-refractivity contribution in [2.24, 2.45) is 10.9 Å². The zero-order valence-corrected chi connectivity index (χ0v) is 21.3. The van der Waals surface area contributed by atoms with Gasteiger partial charge in [-0.3, -0.25) is 9.89 Å². The van der Waals surface area contributed by atoms with E-state index in [-0.39, 0.29) is 24.0 Å². The van der Waals surface area contributed by atoms with Crippen molar-refractivity contribution >= 4 is 45.9 Å². The summed E-state index contributed by atoms with van der Waals surface area (Å²) in [5.74, 6) is 1.85. The quantitative estimate of drug-likeness (QED) is 0.344. The number of nitrogens with one attached hydrogen (secondary N) is 1. The third kappa shape index (κ3) is 6.57. The van der Waals surface area contributed by atoms with Gasteiger partial charge in [0.25, 0.3) is 0 Å². The molecule has 7 heteroatoms. The fourth-order valence-electron chi connectivity index (χ4n) is 4.11. The predicted molar refractivity (Wildman–Crippen MR) is 133 cm³/mol. The number of nitrogens with zero attached hydrogens (tertiary/aromatic N) is 4. The number of hydrogen-bond donors (Lipinski definition) is 1. The highest BCUT2D eigenvalue weighted by atomic mass is 127. The molecular weight excluding hydrogens is 529 g/mol. The Morgan fingerprint density at radius 3 is 2.29 bits per heavy atom. The van der Waals surface area contributed by atoms with Crippen LogP contribution in [0, 0.1) is 5.92 Å². The Morgan fingerprint density at radius 2 is 1.71 bits per heavy atom. The van der Waals surface area contributed by atoms with E-state index in [0.29, 0.717) is 6.04 Å². The molecule has 0 radical (unpaired) electrons. The number of guanidine groups is 1. The van der Waals surface area contributed by atoms with Gasteiger partial charge in [0.15, 0.2) is 5.96 Å². The Hall–Kier alpha value is -0.380. The first-order valence-corrected chi connectivity index (χ1v) is 11.0. The first-order chi connectivity index (χ1) is 13.1. The first kappa shape index (κ1) is 23.9. The smallest absolute Gasteiger partial charge is 0.193 e. The summed E-state index contributed by atoms with van der Waals surface area (Å²) in [4.78, 5) is 12.0. The molecule has 2 fully saturated rings. The van der Waals surface area contributed by atoms with Crippen LogP contribution in [-0.2, 0) is 0 Å². The molecule has 1 N–H and O–H groups in total. The maximum atomic E-state index is 4.55. The van der Waals surface area contributed by atoms with Crippen molar-refractivity contribution in [2.45, 2.75) is 25.8 Å². The lowest BCUT2D eigenvalue weighted by molar-refractivity contribution is 0.138. The molecule has 28 heavy (non-hydrogen) atoms. The summed E-state index contributed by atoms with van der Waals surface area (Å²) in [6.45, 7) is 10.0. The van der Waals surface area contributed by atoms with Gasteiger partial charge in [-0.05, 0) is 63.5 Å². The third-order valence-electron chi connectivity index (χ3n) is 6.11. The largest absolute Gasteiger partial charge is 0.356 e. The normalized spacial score (nSPS) is 21.3. The van der Waals surface area contributed by atoms with Crippen molar-refractivity contribution in [1.82, 2.24) is 20.0 Å². The van der Waals surface area contributed by atoms with Gasteiger partial charge in [-0.2, -0.15) is 0 Å². The summed E-state index contributed by atoms with van der Waals surface area (Å²) < 4.78 is 1.14. The van der Waals surface area contributed by atoms with Crippen molar-refractivity contribution in [3.8, 4) is 0 Å². The highest BCUT2D eigenvalue weighted by molar-refractivity contribution is 14.0. The zero-order chi connectivity index (χ0) is 19.2. The first-order valence-electron chi connectivity index (χ1n) is 10.2. The number of halogens is 2. The van der Waals surface area contributed by atoms with Gasteiger partial charge in [-0.1, -0.05) is 28.1 Å². The molecule has 1 aromatic rings. The maximum Gasteiger partial charge on any atom is 0.193 e. The standard InChI is InChI=1S/C21H34BrN5.HI/c1-17(19-4-6-20(22)7-5-19)26-12-14-27(15-13-26)21(23-2)24-16-18-8-10-25(3)11-9-18;/h4-7,17-18H,8-16H2,1-3H3,(H,23,24);1H. The summed E-state index contributed by atoms with van der Waals surface area (Å²) in [7, 11) is 4.13. The number of piperidine rings is 1. The second-order valence-electron chi connectivity index (χ2n) is 7.93. The Balaban J connectivity index is 0.00000280. The van der Waals surface area contributed by atoms with E-state index in [1.165, 1.54) is 31.5 Å². The highest BCUT2D eigenvalue weighted by Gasteiger charge is 2.24. The van der Waals surface area contributed by atoms with Crippen LogP contribution >= 0.6 is 39.9 Å². The van der Waals surface area contributed by atoms with Crippen molar-refractivity contribution in [2.75, 3.05) is 59.9 Å². The fraction of sp³-hybridized carbons (Fsp3) is 0.667. The molecule has 1 unspecified atom stereocenters. The monoisotopic (exact) mass is 563 g/mol. The van der Waals surface area contributed by atoms with Crippen LogP contribution in [0.5, 0.6) is 0 Å². The minimum absolute atomic E-state index is 0. The lowest BCUT2D eigenvalue weighted by Gasteiger charge is -2.40. The van der Waals surface area contributed by atoms with Crippen LogP contribution in [0.15, 0.2) is 33.7 Å². The summed E-state index contributed by atoms with van der Waals surface area (Å²) in [6, 6.07) is 9.18. The third-order valence-corrected chi connectivity index (χ3v) is 6.64. The summed E-state index contributed by atoms with van der Waals surface area (Å²) >= 11 is 3.53. The minimum Gasteiger partial charge on any atom is -0.356 e. The van der Waals surface area contributed by atoms with E-state index in [9.17, 15) is 0 Å². The van der Waals surface area contributed by atoms with Crippen molar-refractivity contribution in [3.63, 3.8) is 0 Å². The van der Waals surface area contributed by atoms with Crippen LogP contribution in [0.4, 0.5) is 0 Å². The number of rotatable bonds is 4. The van der Waals surface area contributed by atoms with Crippen LogP contribution in [0.3, 0.4) is 0 Å². The van der Waals surface area contributed by atoms with Crippen LogP contribution in [0.2, 0.25) is 0 Å². The number of aliphatic imine (C=N–C) groups is 1. The average molecular weight is 564 g/mol. The summed E-state index contributed by atoms with van der Waals surface area (Å²) in [5.41, 5.74) is 1.39. The molecule has 0 aromatic heterocycles. The fourth-order valence-corrected chi connectivity index (χ4v) is 4.37. The van der Waals surface area contributed by atoms with Gasteiger partial charge in [-0.25, -0.2) is 0 Å². The van der Waals surface area contributed by atoms with Gasteiger partial charge < -0.3 is 15.1 Å². The van der Waals surface area contributed by atoms with Gasteiger partial charge in [0.2, 0.25) is 0 Å². The molecule has 2 aliphatic rings. The minimum atomic E-state index is 0. The van der Waals surface area contributed by atoms with Gasteiger partial charge >= 0.3 is 0 Å². The molecule has 5 nitrogen and oxygen atoms in total. The van der Waals surface area contributed by atoms with Gasteiger partial charge in [0.1, 0.15) is 0 Å². The van der Waals surface area contributed by atoms with E-state index in [0.717, 1.165) is 49.1 Å². The Morgan fingerprint density at radius 1 is 1.11 bits per heavy atom. The molecular formula is C21H35BrIN5. The van der Waals surface area contributed by atoms with Crippen molar-refractivity contribution < 1.29 is 0 Å². The Labute approximate surface area is 196 Å². The van der Waals surface area contributed by atoms with E-state index in [2.05, 4.69) is 79.2 Å². The molecule has 2 aliphatic heterocycles. The van der Waals surface area contributed by atoms with E-state index in [4.69, 9.17) is 0 Å². The lowest BCUT2D eigenvalue weighted by Crippen LogP contribution is -2.53. The molecule has 1 aromatic carbocycles. The topological polar surface area (TPSA) is 34.1 Å². The summed E-state index contributed by atoms with van der Waals surface area (Å²) in [5, 5.41) is 3.64. The van der Waals surface area contributed by atoms with Crippen molar-refractivity contribution in [3.05, 3.63) is 34.3 Å². The average Bonchev–Trinajstić information content (AvgIpc) is 2.70. The molecule has 0 bridgehead atoms. The molecule has 3 rings (SSSR count). The Bertz CT molecular complexity index is 608. The zero-order valence-electron chi connectivity index (χ0n) is 17.4. The molecule has 2 heterocycles. The summed E-state index contributed by atoms with van der Waals surface area (Å²) in [6.07, 6.45) is 2.58. The number of likely N-dealkylation sites (tertiary alicyclic amines) is 1. The molecule has 0 amide bonds. The van der Waals surface area contributed by atoms with E-state index in [1.807, 2.05) is 7.05 Å². The van der Waals surface area contributed by atoms with E-state index in [1.54, 1.807) is 0 Å². The van der Waals surface area contributed by atoms with E-state index >= 15 is 0 Å². The van der Waals surface area contributed by atoms with Crippen LogP contribution in [0.25, 0.3) is 0 Å². The van der Waals surface area contributed by atoms with Crippen LogP contribution < -0.4 is 5.32 Å².